The fourth-order valence-electron chi connectivity index (χ4n) is 2.17. The minimum atomic E-state index is -4.82. The molecule has 9 nitrogen and oxygen atoms in total. The molecule has 25 heavy (non-hydrogen) atoms. The molecule has 0 atom stereocenters. The van der Waals surface area contributed by atoms with Crippen molar-refractivity contribution in [1.82, 2.24) is 0 Å². The van der Waals surface area contributed by atoms with Crippen LogP contribution in [-0.2, 0) is 29.8 Å². The number of anilines is 1. The molecular formula is C14H13NO8S2. The maximum atomic E-state index is 11.6. The summed E-state index contributed by atoms with van der Waals surface area (Å²) in [4.78, 5) is 21.1. The second kappa shape index (κ2) is 6.52. The average molecular weight is 387 g/mol. The van der Waals surface area contributed by atoms with Gasteiger partial charge in [-0.1, -0.05) is 6.07 Å². The van der Waals surface area contributed by atoms with Gasteiger partial charge < -0.3 is 5.32 Å². The van der Waals surface area contributed by atoms with Crippen LogP contribution in [0.1, 0.15) is 13.3 Å². The van der Waals surface area contributed by atoms with E-state index in [0.717, 1.165) is 6.07 Å². The molecule has 0 aliphatic carbocycles. The Bertz CT molecular complexity index is 1090. The Labute approximate surface area is 143 Å². The highest BCUT2D eigenvalue weighted by molar-refractivity contribution is 7.86. The average Bonchev–Trinajstić information content (AvgIpc) is 2.42. The van der Waals surface area contributed by atoms with Crippen LogP contribution in [0, 0.1) is 0 Å². The van der Waals surface area contributed by atoms with Crippen molar-refractivity contribution in [3.8, 4) is 0 Å². The van der Waals surface area contributed by atoms with Crippen molar-refractivity contribution in [1.29, 1.82) is 0 Å². The second-order valence-corrected chi connectivity index (χ2v) is 8.05. The zero-order valence-electron chi connectivity index (χ0n) is 12.8. The van der Waals surface area contributed by atoms with Crippen LogP contribution in [-0.4, -0.2) is 37.6 Å². The third-order valence-corrected chi connectivity index (χ3v) is 4.88. The Morgan fingerprint density at radius 2 is 1.64 bits per heavy atom. The Morgan fingerprint density at radius 1 is 1.00 bits per heavy atom. The number of nitrogens with one attached hydrogen (secondary N) is 1. The number of rotatable bonds is 5. The van der Waals surface area contributed by atoms with E-state index in [-0.39, 0.29) is 28.7 Å². The Hall–Kier alpha value is -2.34. The normalized spacial score (nSPS) is 12.1. The van der Waals surface area contributed by atoms with Gasteiger partial charge in [0.25, 0.3) is 20.2 Å². The Morgan fingerprint density at radius 3 is 2.16 bits per heavy atom. The number of hydrogen-bond donors (Lipinski definition) is 3. The lowest BCUT2D eigenvalue weighted by molar-refractivity contribution is -0.124. The molecule has 0 radical (unpaired) electrons. The van der Waals surface area contributed by atoms with Crippen LogP contribution in [0.3, 0.4) is 0 Å². The van der Waals surface area contributed by atoms with E-state index in [1.165, 1.54) is 25.1 Å². The van der Waals surface area contributed by atoms with Crippen LogP contribution in [0.5, 0.6) is 0 Å². The number of fused-ring (bicyclic) bond motifs is 1. The highest BCUT2D eigenvalue weighted by atomic mass is 32.2. The molecule has 0 bridgehead atoms. The lowest BCUT2D eigenvalue weighted by Crippen LogP contribution is -2.14. The van der Waals surface area contributed by atoms with Crippen LogP contribution in [0.4, 0.5) is 5.69 Å². The van der Waals surface area contributed by atoms with E-state index in [9.17, 15) is 31.0 Å². The second-order valence-electron chi connectivity index (χ2n) is 5.23. The molecule has 0 aliphatic heterocycles. The third kappa shape index (κ3) is 4.60. The lowest BCUT2D eigenvalue weighted by atomic mass is 10.1. The molecule has 0 saturated carbocycles. The van der Waals surface area contributed by atoms with Gasteiger partial charge in [0.1, 0.15) is 10.7 Å². The summed E-state index contributed by atoms with van der Waals surface area (Å²) in [6, 6.07) is 5.46. The number of benzene rings is 2. The zero-order valence-corrected chi connectivity index (χ0v) is 14.4. The van der Waals surface area contributed by atoms with Crippen LogP contribution in [0.2, 0.25) is 0 Å². The minimum Gasteiger partial charge on any atom is -0.326 e. The van der Waals surface area contributed by atoms with Crippen LogP contribution < -0.4 is 5.32 Å². The highest BCUT2D eigenvalue weighted by Crippen LogP contribution is 2.29. The lowest BCUT2D eigenvalue weighted by Gasteiger charge is -2.10. The molecule has 0 aliphatic rings. The van der Waals surface area contributed by atoms with E-state index in [1.807, 2.05) is 0 Å². The molecule has 134 valence electrons. The van der Waals surface area contributed by atoms with Gasteiger partial charge in [0.2, 0.25) is 5.91 Å². The van der Waals surface area contributed by atoms with E-state index in [2.05, 4.69) is 5.32 Å². The number of amides is 1. The summed E-state index contributed by atoms with van der Waals surface area (Å²) in [5, 5.41) is 2.40. The molecule has 0 aromatic heterocycles. The molecule has 3 N–H and O–H groups in total. The fraction of sp³-hybridized carbons (Fsp3) is 0.143. The smallest absolute Gasteiger partial charge is 0.295 e. The van der Waals surface area contributed by atoms with Crippen molar-refractivity contribution in [3.05, 3.63) is 30.3 Å². The van der Waals surface area contributed by atoms with E-state index in [0.29, 0.717) is 6.07 Å². The van der Waals surface area contributed by atoms with Crippen molar-refractivity contribution >= 4 is 48.4 Å². The summed E-state index contributed by atoms with van der Waals surface area (Å²) < 4.78 is 64.1. The predicted octanol–water partition coefficient (Wildman–Crippen LogP) is 1.25. The first-order valence-corrected chi connectivity index (χ1v) is 9.58. The summed E-state index contributed by atoms with van der Waals surface area (Å²) >= 11 is 0. The first-order chi connectivity index (χ1) is 11.4. The summed E-state index contributed by atoms with van der Waals surface area (Å²) in [7, 11) is -9.52. The van der Waals surface area contributed by atoms with Crippen molar-refractivity contribution < 1.29 is 35.5 Å². The van der Waals surface area contributed by atoms with Gasteiger partial charge in [-0.25, -0.2) is 0 Å². The molecule has 2 aromatic carbocycles. The number of Topliss-reactive ketones (excluding diaryl/α,β-unsaturated/α-hetero) is 1. The largest absolute Gasteiger partial charge is 0.326 e. The number of carbonyl (C=O) groups excluding carboxylic acids is 2. The molecule has 0 saturated heterocycles. The molecular weight excluding hydrogens is 374 g/mol. The maximum Gasteiger partial charge on any atom is 0.295 e. The van der Waals surface area contributed by atoms with Crippen LogP contribution in [0.15, 0.2) is 40.1 Å². The van der Waals surface area contributed by atoms with E-state index < -0.39 is 35.9 Å². The molecule has 2 aromatic rings. The van der Waals surface area contributed by atoms with Gasteiger partial charge in [-0.15, -0.1) is 0 Å². The SMILES string of the molecule is CC(=O)CC(=O)Nc1ccc2cc(S(=O)(=O)O)cc(S(=O)(=O)O)c2c1. The summed E-state index contributed by atoms with van der Waals surface area (Å²) in [5.41, 5.74) is 0.142. The summed E-state index contributed by atoms with van der Waals surface area (Å²) in [6.07, 6.45) is -0.370. The quantitative estimate of drug-likeness (QED) is 0.511. The van der Waals surface area contributed by atoms with Gasteiger partial charge in [0, 0.05) is 11.1 Å². The van der Waals surface area contributed by atoms with Crippen molar-refractivity contribution in [2.45, 2.75) is 23.1 Å². The molecule has 2 rings (SSSR count). The third-order valence-electron chi connectivity index (χ3n) is 3.16. The molecule has 0 fully saturated rings. The number of ketones is 1. The van der Waals surface area contributed by atoms with E-state index in [4.69, 9.17) is 4.55 Å². The van der Waals surface area contributed by atoms with Crippen molar-refractivity contribution in [3.63, 3.8) is 0 Å². The van der Waals surface area contributed by atoms with E-state index >= 15 is 0 Å². The monoisotopic (exact) mass is 387 g/mol. The van der Waals surface area contributed by atoms with Gasteiger partial charge in [0.15, 0.2) is 0 Å². The van der Waals surface area contributed by atoms with Gasteiger partial charge in [0.05, 0.1) is 11.3 Å². The minimum absolute atomic E-state index is 0.0736. The number of carbonyl (C=O) groups is 2. The molecule has 0 heterocycles. The van der Waals surface area contributed by atoms with Crippen LogP contribution in [0.25, 0.3) is 10.8 Å². The zero-order chi connectivity index (χ0) is 19.0. The molecule has 0 spiro atoms. The molecule has 11 heteroatoms. The van der Waals surface area contributed by atoms with Crippen LogP contribution >= 0.6 is 0 Å². The van der Waals surface area contributed by atoms with Crippen molar-refractivity contribution in [2.75, 3.05) is 5.32 Å². The number of hydrogen-bond acceptors (Lipinski definition) is 6. The first kappa shape index (κ1) is 19.0. The highest BCUT2D eigenvalue weighted by Gasteiger charge is 2.20. The summed E-state index contributed by atoms with van der Waals surface area (Å²) in [6.45, 7) is 1.23. The van der Waals surface area contributed by atoms with Gasteiger partial charge >= 0.3 is 0 Å². The Kier molecular flexibility index (Phi) is 4.95. The van der Waals surface area contributed by atoms with E-state index in [1.54, 1.807) is 0 Å². The van der Waals surface area contributed by atoms with Gasteiger partial charge in [-0.2, -0.15) is 16.8 Å². The summed E-state index contributed by atoms with van der Waals surface area (Å²) in [5.74, 6) is -0.982. The fourth-order valence-corrected chi connectivity index (χ4v) is 3.52. The standard InChI is InChI=1S/C14H13NO8S2/c1-8(16)4-14(17)15-10-3-2-9-5-11(24(18,19)20)7-13(12(9)6-10)25(21,22)23/h2-3,5-7H,4H2,1H3,(H,15,17)(H,18,19,20)(H,21,22,23). The van der Waals surface area contributed by atoms with Gasteiger partial charge in [-0.3, -0.25) is 18.7 Å². The Balaban J connectivity index is 2.65. The maximum absolute atomic E-state index is 11.6. The molecule has 0 unspecified atom stereocenters. The first-order valence-electron chi connectivity index (χ1n) is 6.70. The van der Waals surface area contributed by atoms with Gasteiger partial charge in [-0.05, 0) is 36.6 Å². The molecule has 1 amide bonds. The van der Waals surface area contributed by atoms with Crippen molar-refractivity contribution in [2.24, 2.45) is 0 Å². The predicted molar refractivity (Wildman–Crippen MR) is 87.5 cm³/mol. The topological polar surface area (TPSA) is 155 Å².